The number of benzene rings is 2. The molecule has 0 saturated carbocycles. The molecule has 2 unspecified atom stereocenters. The summed E-state index contributed by atoms with van der Waals surface area (Å²) in [5.41, 5.74) is 6.29. The molecule has 0 aliphatic carbocycles. The molecule has 2 aromatic rings. The first-order valence-electron chi connectivity index (χ1n) is 7.45. The summed E-state index contributed by atoms with van der Waals surface area (Å²) >= 11 is 0. The maximum Gasteiger partial charge on any atom is 0.347 e. The molecule has 4 N–H and O–H groups in total. The highest BCUT2D eigenvalue weighted by Crippen LogP contribution is 2.45. The van der Waals surface area contributed by atoms with E-state index >= 15 is 0 Å². The molecule has 8 nitrogen and oxygen atoms in total. The summed E-state index contributed by atoms with van der Waals surface area (Å²) in [4.78, 5) is 20.6. The van der Waals surface area contributed by atoms with Crippen molar-refractivity contribution in [1.29, 1.82) is 0 Å². The first-order chi connectivity index (χ1) is 11.2. The van der Waals surface area contributed by atoms with Crippen molar-refractivity contribution >= 4 is 35.4 Å². The molecule has 2 rings (SSSR count). The summed E-state index contributed by atoms with van der Waals surface area (Å²) in [6.45, 7) is 3.55. The maximum absolute atomic E-state index is 12.1. The van der Waals surface area contributed by atoms with Gasteiger partial charge in [-0.25, -0.2) is 0 Å². The highest BCUT2D eigenvalue weighted by molar-refractivity contribution is 7.52. The fraction of sp³-hybridized carbons (Fsp3) is 0.333. The summed E-state index contributed by atoms with van der Waals surface area (Å²) in [6.07, 6.45) is -0.0927. The van der Waals surface area contributed by atoms with E-state index < -0.39 is 12.5 Å². The molecule has 0 saturated heterocycles. The lowest BCUT2D eigenvalue weighted by molar-refractivity contribution is -0.383. The minimum absolute atomic E-state index is 0.114. The molecule has 9 heteroatoms. The third kappa shape index (κ3) is 4.03. The summed E-state index contributed by atoms with van der Waals surface area (Å²) in [5.74, 6) is 0. The molecule has 0 aliphatic heterocycles. The number of nitrogens with one attached hydrogen (secondary N) is 1. The van der Waals surface area contributed by atoms with Crippen LogP contribution in [-0.4, -0.2) is 22.2 Å². The van der Waals surface area contributed by atoms with Gasteiger partial charge in [0.25, 0.3) is 5.69 Å². The third-order valence-electron chi connectivity index (χ3n) is 3.63. The van der Waals surface area contributed by atoms with E-state index in [1.807, 2.05) is 6.92 Å². The molecule has 0 aromatic heterocycles. The normalized spacial score (nSPS) is 15.0. The van der Waals surface area contributed by atoms with E-state index in [-0.39, 0.29) is 23.8 Å². The Kier molecular flexibility index (Phi) is 5.43. The molecule has 0 spiro atoms. The van der Waals surface area contributed by atoms with Crippen molar-refractivity contribution in [3.05, 3.63) is 40.4 Å². The van der Waals surface area contributed by atoms with Crippen LogP contribution in [0.4, 0.5) is 17.1 Å². The molecule has 0 heterocycles. The number of nitrogens with two attached hydrogens (primary N) is 1. The Morgan fingerprint density at radius 1 is 1.42 bits per heavy atom. The highest BCUT2D eigenvalue weighted by atomic mass is 31.2. The number of fused-ring (bicyclic) bond motifs is 1. The Hall–Kier alpha value is -2.15. The number of anilines is 2. The van der Waals surface area contributed by atoms with Gasteiger partial charge in [0.05, 0.1) is 27.8 Å². The van der Waals surface area contributed by atoms with Gasteiger partial charge in [-0.15, -0.1) is 0 Å². The monoisotopic (exact) mass is 353 g/mol. The Bertz CT molecular complexity index is 811. The smallest absolute Gasteiger partial charge is 0.347 e. The van der Waals surface area contributed by atoms with Crippen LogP contribution >= 0.6 is 7.60 Å². The number of nitrogen functional groups attached to an aromatic ring is 1. The largest absolute Gasteiger partial charge is 0.397 e. The van der Waals surface area contributed by atoms with Gasteiger partial charge < -0.3 is 20.5 Å². The Balaban J connectivity index is 2.36. The summed E-state index contributed by atoms with van der Waals surface area (Å²) in [7, 11) is -3.86. The predicted octanol–water partition coefficient (Wildman–Crippen LogP) is 3.70. The van der Waals surface area contributed by atoms with Gasteiger partial charge in [0, 0.05) is 11.5 Å². The average molecular weight is 353 g/mol. The van der Waals surface area contributed by atoms with Crippen LogP contribution < -0.4 is 11.1 Å². The lowest BCUT2D eigenvalue weighted by Gasteiger charge is -2.19. The van der Waals surface area contributed by atoms with Gasteiger partial charge in [-0.05, 0) is 19.4 Å². The molecule has 0 bridgehead atoms. The molecule has 0 aliphatic rings. The van der Waals surface area contributed by atoms with Crippen LogP contribution in [0.2, 0.25) is 0 Å². The Morgan fingerprint density at radius 2 is 2.04 bits per heavy atom. The van der Waals surface area contributed by atoms with Crippen molar-refractivity contribution in [3.8, 4) is 0 Å². The zero-order valence-electron chi connectivity index (χ0n) is 13.4. The fourth-order valence-electron chi connectivity index (χ4n) is 2.30. The van der Waals surface area contributed by atoms with E-state index in [4.69, 9.17) is 10.3 Å². The minimum Gasteiger partial charge on any atom is -0.397 e. The number of nitro groups is 1. The van der Waals surface area contributed by atoms with Gasteiger partial charge in [-0.2, -0.15) is 0 Å². The summed E-state index contributed by atoms with van der Waals surface area (Å²) in [5, 5.41) is 14.9. The molecule has 2 aromatic carbocycles. The molecular formula is C15H20N3O5P. The van der Waals surface area contributed by atoms with Crippen molar-refractivity contribution in [3.63, 3.8) is 0 Å². The van der Waals surface area contributed by atoms with E-state index in [0.717, 1.165) is 0 Å². The Morgan fingerprint density at radius 3 is 2.62 bits per heavy atom. The molecule has 0 fully saturated rings. The number of hydrogen-bond acceptors (Lipinski definition) is 6. The molecular weight excluding hydrogens is 333 g/mol. The van der Waals surface area contributed by atoms with Crippen LogP contribution in [0, 0.1) is 10.1 Å². The van der Waals surface area contributed by atoms with E-state index in [1.165, 1.54) is 6.07 Å². The molecule has 2 atom stereocenters. The summed E-state index contributed by atoms with van der Waals surface area (Å²) < 4.78 is 17.2. The van der Waals surface area contributed by atoms with Crippen molar-refractivity contribution in [1.82, 2.24) is 0 Å². The number of non-ortho nitro benzene ring substituents is 1. The van der Waals surface area contributed by atoms with Crippen LogP contribution in [-0.2, 0) is 9.09 Å². The van der Waals surface area contributed by atoms with Gasteiger partial charge in [0.1, 0.15) is 6.29 Å². The van der Waals surface area contributed by atoms with Crippen LogP contribution in [0.15, 0.2) is 30.3 Å². The van der Waals surface area contributed by atoms with E-state index in [2.05, 4.69) is 5.32 Å². The second-order valence-corrected chi connectivity index (χ2v) is 7.26. The van der Waals surface area contributed by atoms with Gasteiger partial charge in [0.15, 0.2) is 0 Å². The van der Waals surface area contributed by atoms with E-state index in [1.54, 1.807) is 31.2 Å². The zero-order chi connectivity index (χ0) is 17.9. The highest BCUT2D eigenvalue weighted by Gasteiger charge is 2.24. The second-order valence-electron chi connectivity index (χ2n) is 5.46. The first kappa shape index (κ1) is 18.2. The quantitative estimate of drug-likeness (QED) is 0.300. The molecule has 130 valence electrons. The van der Waals surface area contributed by atoms with Crippen molar-refractivity contribution < 1.29 is 18.9 Å². The van der Waals surface area contributed by atoms with E-state index in [0.29, 0.717) is 22.9 Å². The summed E-state index contributed by atoms with van der Waals surface area (Å²) in [6, 6.07) is 7.90. The maximum atomic E-state index is 12.1. The first-order valence-corrected chi connectivity index (χ1v) is 9.21. The Labute approximate surface area is 139 Å². The lowest BCUT2D eigenvalue weighted by Crippen LogP contribution is -2.12. The van der Waals surface area contributed by atoms with Crippen LogP contribution in [0.1, 0.15) is 20.3 Å². The SMILES string of the molecule is CCC(C)OP(=O)(O)CNc1c(N)cc([N+](=O)[O-])c2ccccc12. The number of nitro benzene ring substituents is 1. The van der Waals surface area contributed by atoms with Crippen LogP contribution in [0.3, 0.4) is 0 Å². The average Bonchev–Trinajstić information content (AvgIpc) is 2.52. The standard InChI is InChI=1S/C15H20N3O5P/c1-3-10(2)23-24(21,22)9-17-15-12-7-5-4-6-11(12)14(18(19)20)8-13(15)16/h4-8,10,17H,3,9,16H2,1-2H3,(H,21,22). The molecule has 24 heavy (non-hydrogen) atoms. The number of nitrogens with zero attached hydrogens (tertiary/aromatic N) is 1. The third-order valence-corrected chi connectivity index (χ3v) is 4.87. The van der Waals surface area contributed by atoms with Crippen LogP contribution in [0.25, 0.3) is 10.8 Å². The van der Waals surface area contributed by atoms with Crippen molar-refractivity contribution in [2.24, 2.45) is 0 Å². The van der Waals surface area contributed by atoms with Gasteiger partial charge in [-0.3, -0.25) is 14.7 Å². The number of rotatable bonds is 7. The second kappa shape index (κ2) is 7.17. The van der Waals surface area contributed by atoms with Crippen molar-refractivity contribution in [2.75, 3.05) is 17.3 Å². The van der Waals surface area contributed by atoms with E-state index in [9.17, 15) is 19.6 Å². The zero-order valence-corrected chi connectivity index (χ0v) is 14.3. The van der Waals surface area contributed by atoms with Crippen LogP contribution in [0.5, 0.6) is 0 Å². The molecule has 0 radical (unpaired) electrons. The fourth-order valence-corrected chi connectivity index (χ4v) is 3.44. The van der Waals surface area contributed by atoms with Gasteiger partial charge in [0.2, 0.25) is 0 Å². The number of hydrogen-bond donors (Lipinski definition) is 3. The topological polar surface area (TPSA) is 128 Å². The predicted molar refractivity (Wildman–Crippen MR) is 94.2 cm³/mol. The van der Waals surface area contributed by atoms with Gasteiger partial charge in [-0.1, -0.05) is 25.1 Å². The van der Waals surface area contributed by atoms with Crippen molar-refractivity contribution in [2.45, 2.75) is 26.4 Å². The molecule has 0 amide bonds. The van der Waals surface area contributed by atoms with Gasteiger partial charge >= 0.3 is 7.60 Å². The lowest BCUT2D eigenvalue weighted by atomic mass is 10.1. The minimum atomic E-state index is -3.86.